The van der Waals surface area contributed by atoms with Gasteiger partial charge in [0.15, 0.2) is 5.82 Å². The molecule has 3 heterocycles. The van der Waals surface area contributed by atoms with E-state index in [9.17, 15) is 0 Å². The first kappa shape index (κ1) is 25.9. The number of aryl methyl sites for hydroxylation is 1. The third-order valence-corrected chi connectivity index (χ3v) is 6.08. The number of nitrogens with one attached hydrogen (secondary N) is 3. The van der Waals surface area contributed by atoms with Gasteiger partial charge in [-0.3, -0.25) is 0 Å². The minimum atomic E-state index is 0.503. The lowest BCUT2D eigenvalue weighted by atomic mass is 9.90. The summed E-state index contributed by atoms with van der Waals surface area (Å²) in [7, 11) is 0. The zero-order chi connectivity index (χ0) is 25.9. The molecule has 4 rings (SSSR count). The van der Waals surface area contributed by atoms with Crippen molar-refractivity contribution in [3.8, 4) is 11.5 Å². The van der Waals surface area contributed by atoms with E-state index in [1.54, 1.807) is 24.5 Å². The van der Waals surface area contributed by atoms with Crippen LogP contribution in [-0.2, 0) is 6.42 Å². The first-order chi connectivity index (χ1) is 18.1. The number of hydrogen-bond acceptors (Lipinski definition) is 8. The van der Waals surface area contributed by atoms with Crippen molar-refractivity contribution in [2.24, 2.45) is 5.92 Å². The van der Waals surface area contributed by atoms with Crippen LogP contribution in [0.25, 0.3) is 11.5 Å². The van der Waals surface area contributed by atoms with Crippen molar-refractivity contribution < 1.29 is 0 Å². The van der Waals surface area contributed by atoms with Crippen molar-refractivity contribution in [2.75, 3.05) is 10.6 Å². The van der Waals surface area contributed by atoms with Crippen LogP contribution in [0.2, 0.25) is 0 Å². The van der Waals surface area contributed by atoms with Gasteiger partial charge in [-0.15, -0.1) is 0 Å². The maximum Gasteiger partial charge on any atom is 0.229 e. The molecule has 0 fully saturated rings. The van der Waals surface area contributed by atoms with E-state index in [1.807, 2.05) is 25.1 Å². The molecule has 1 atom stereocenters. The zero-order valence-corrected chi connectivity index (χ0v) is 21.5. The molecule has 0 amide bonds. The number of benzene rings is 1. The number of nitrogens with zero attached hydrogens (tertiary/aromatic N) is 5. The van der Waals surface area contributed by atoms with E-state index in [4.69, 9.17) is 5.41 Å². The zero-order valence-electron chi connectivity index (χ0n) is 21.5. The molecule has 0 spiro atoms. The van der Waals surface area contributed by atoms with Crippen LogP contribution >= 0.6 is 0 Å². The van der Waals surface area contributed by atoms with E-state index in [0.717, 1.165) is 36.3 Å². The molecule has 0 bridgehead atoms. The molecule has 1 unspecified atom stereocenters. The van der Waals surface area contributed by atoms with Gasteiger partial charge in [-0.1, -0.05) is 38.0 Å². The Kier molecular flexibility index (Phi) is 9.23. The van der Waals surface area contributed by atoms with E-state index in [1.165, 1.54) is 31.0 Å². The Morgan fingerprint density at radius 1 is 0.865 bits per heavy atom. The first-order valence-electron chi connectivity index (χ1n) is 12.8. The number of rotatable bonds is 13. The molecular formula is C29H34N8. The normalized spacial score (nSPS) is 11.6. The lowest BCUT2D eigenvalue weighted by Gasteiger charge is -2.16. The first-order valence-corrected chi connectivity index (χ1v) is 12.8. The maximum absolute atomic E-state index is 7.25. The highest BCUT2D eigenvalue weighted by Crippen LogP contribution is 2.23. The third kappa shape index (κ3) is 7.90. The van der Waals surface area contributed by atoms with Gasteiger partial charge < -0.3 is 16.0 Å². The van der Waals surface area contributed by atoms with Crippen LogP contribution in [0, 0.1) is 18.3 Å². The molecule has 0 aliphatic rings. The fourth-order valence-electron chi connectivity index (χ4n) is 4.29. The van der Waals surface area contributed by atoms with Gasteiger partial charge in [0.2, 0.25) is 5.95 Å². The van der Waals surface area contributed by atoms with Crippen LogP contribution in [-0.4, -0.2) is 31.1 Å². The van der Waals surface area contributed by atoms with Gasteiger partial charge in [-0.25, -0.2) is 19.9 Å². The molecule has 37 heavy (non-hydrogen) atoms. The monoisotopic (exact) mass is 494 g/mol. The molecule has 0 aliphatic carbocycles. The molecule has 8 heteroatoms. The fraction of sp³-hybridized carbons (Fsp3) is 0.310. The Morgan fingerprint density at radius 3 is 2.41 bits per heavy atom. The average Bonchev–Trinajstić information content (AvgIpc) is 2.90. The Balaban J connectivity index is 1.38. The number of unbranched alkanes of at least 4 members (excludes halogenated alkanes) is 1. The Labute approximate surface area is 218 Å². The molecule has 0 radical (unpaired) electrons. The second kappa shape index (κ2) is 13.2. The molecule has 3 N–H and O–H groups in total. The van der Waals surface area contributed by atoms with Crippen molar-refractivity contribution >= 4 is 29.5 Å². The van der Waals surface area contributed by atoms with Crippen molar-refractivity contribution in [3.63, 3.8) is 0 Å². The van der Waals surface area contributed by atoms with E-state index in [-0.39, 0.29) is 0 Å². The summed E-state index contributed by atoms with van der Waals surface area (Å²) in [4.78, 5) is 22.4. The van der Waals surface area contributed by atoms with Gasteiger partial charge in [0.25, 0.3) is 0 Å². The van der Waals surface area contributed by atoms with Gasteiger partial charge in [-0.2, -0.15) is 4.98 Å². The number of aromatic nitrogens is 5. The molecule has 0 aliphatic heterocycles. The Bertz CT molecular complexity index is 1290. The van der Waals surface area contributed by atoms with Gasteiger partial charge in [0, 0.05) is 23.8 Å². The van der Waals surface area contributed by atoms with Crippen LogP contribution in [0.5, 0.6) is 0 Å². The van der Waals surface area contributed by atoms with Crippen LogP contribution in [0.4, 0.5) is 23.3 Å². The predicted molar refractivity (Wildman–Crippen MR) is 150 cm³/mol. The highest BCUT2D eigenvalue weighted by Gasteiger charge is 2.10. The van der Waals surface area contributed by atoms with Crippen LogP contribution in [0.3, 0.4) is 0 Å². The van der Waals surface area contributed by atoms with Gasteiger partial charge in [-0.05, 0) is 86.7 Å². The summed E-state index contributed by atoms with van der Waals surface area (Å²) < 4.78 is 0. The molecule has 1 aromatic carbocycles. The van der Waals surface area contributed by atoms with E-state index < -0.39 is 0 Å². The van der Waals surface area contributed by atoms with Crippen molar-refractivity contribution in [2.45, 2.75) is 52.4 Å². The van der Waals surface area contributed by atoms with E-state index in [2.05, 4.69) is 66.7 Å². The second-order valence-corrected chi connectivity index (χ2v) is 9.14. The lowest BCUT2D eigenvalue weighted by Crippen LogP contribution is -2.05. The summed E-state index contributed by atoms with van der Waals surface area (Å²) >= 11 is 0. The largest absolute Gasteiger partial charge is 0.325 e. The van der Waals surface area contributed by atoms with Gasteiger partial charge in [0.05, 0.1) is 0 Å². The van der Waals surface area contributed by atoms with Crippen LogP contribution in [0.1, 0.15) is 50.3 Å². The molecular weight excluding hydrogens is 460 g/mol. The standard InChI is InChI=1S/C29H34N8/c1-3-7-22(9-4-5-17-30)20-23-11-13-24(14-12-23)34-29-32-19-16-27(37-29)35-26-15-18-31-28(36-26)25-10-6-8-21(2)33-25/h6,8,10-19,22,30H,3-5,7,9,20H2,1-2H3,(H2,31,32,34,35,36,37). The number of pyridine rings is 1. The summed E-state index contributed by atoms with van der Waals surface area (Å²) in [6, 6.07) is 17.9. The number of anilines is 4. The average molecular weight is 495 g/mol. The van der Waals surface area contributed by atoms with Crippen molar-refractivity contribution in [3.05, 3.63) is 78.2 Å². The van der Waals surface area contributed by atoms with E-state index in [0.29, 0.717) is 29.3 Å². The van der Waals surface area contributed by atoms with Crippen LogP contribution in [0.15, 0.2) is 67.0 Å². The van der Waals surface area contributed by atoms with Crippen molar-refractivity contribution in [1.29, 1.82) is 5.41 Å². The highest BCUT2D eigenvalue weighted by molar-refractivity contribution is 5.59. The smallest absolute Gasteiger partial charge is 0.229 e. The van der Waals surface area contributed by atoms with Gasteiger partial charge in [0.1, 0.15) is 17.3 Å². The fourth-order valence-corrected chi connectivity index (χ4v) is 4.29. The molecule has 4 aromatic rings. The molecule has 3 aromatic heterocycles. The summed E-state index contributed by atoms with van der Waals surface area (Å²) in [6.45, 7) is 4.18. The molecule has 190 valence electrons. The minimum Gasteiger partial charge on any atom is -0.325 e. The molecule has 8 nitrogen and oxygen atoms in total. The number of hydrogen-bond donors (Lipinski definition) is 3. The van der Waals surface area contributed by atoms with E-state index >= 15 is 0 Å². The van der Waals surface area contributed by atoms with Crippen LogP contribution < -0.4 is 10.6 Å². The summed E-state index contributed by atoms with van der Waals surface area (Å²) in [5.41, 5.74) is 3.91. The third-order valence-electron chi connectivity index (χ3n) is 6.08. The summed E-state index contributed by atoms with van der Waals surface area (Å²) in [5, 5.41) is 13.8. The maximum atomic E-state index is 7.25. The second-order valence-electron chi connectivity index (χ2n) is 9.14. The lowest BCUT2D eigenvalue weighted by molar-refractivity contribution is 0.433. The predicted octanol–water partition coefficient (Wildman–Crippen LogP) is 6.90. The summed E-state index contributed by atoms with van der Waals surface area (Å²) in [5.74, 6) is 2.98. The Hall–Kier alpha value is -4.20. The van der Waals surface area contributed by atoms with Crippen molar-refractivity contribution in [1.82, 2.24) is 24.9 Å². The quantitative estimate of drug-likeness (QED) is 0.137. The molecule has 0 saturated carbocycles. The van der Waals surface area contributed by atoms with Gasteiger partial charge >= 0.3 is 0 Å². The summed E-state index contributed by atoms with van der Waals surface area (Å²) in [6.07, 6.45) is 11.6. The minimum absolute atomic E-state index is 0.503. The Morgan fingerprint density at radius 2 is 1.65 bits per heavy atom. The SMILES string of the molecule is CCCC(CCCC=N)Cc1ccc(Nc2nccc(Nc3ccnc(-c4cccc(C)n4)n3)n2)cc1. The topological polar surface area (TPSA) is 112 Å². The molecule has 0 saturated heterocycles. The highest BCUT2D eigenvalue weighted by atomic mass is 15.2.